The van der Waals surface area contributed by atoms with Gasteiger partial charge in [-0.1, -0.05) is 30.3 Å². The third kappa shape index (κ3) is 1.78. The molecule has 19 heavy (non-hydrogen) atoms. The van der Waals surface area contributed by atoms with Crippen molar-refractivity contribution in [3.8, 4) is 5.75 Å². The number of H-pyrrole nitrogens is 1. The molecule has 0 bridgehead atoms. The second-order valence-corrected chi connectivity index (χ2v) is 4.96. The number of aromatic amines is 1. The first-order valence-corrected chi connectivity index (χ1v) is 6.55. The fraction of sp³-hybridized carbons (Fsp3) is 0.188. The zero-order valence-electron chi connectivity index (χ0n) is 10.5. The monoisotopic (exact) mass is 250 g/mol. The molecule has 94 valence electrons. The molecule has 1 unspecified atom stereocenters. The van der Waals surface area contributed by atoms with E-state index in [-0.39, 0.29) is 0 Å². The Morgan fingerprint density at radius 1 is 1.05 bits per heavy atom. The molecule has 0 fully saturated rings. The first kappa shape index (κ1) is 10.6. The number of benzene rings is 2. The van der Waals surface area contributed by atoms with E-state index in [1.807, 2.05) is 30.3 Å². The lowest BCUT2D eigenvalue weighted by Gasteiger charge is -2.23. The van der Waals surface area contributed by atoms with Crippen molar-refractivity contribution in [3.63, 3.8) is 0 Å². The molecule has 2 heterocycles. The van der Waals surface area contributed by atoms with Crippen molar-refractivity contribution in [2.75, 3.05) is 6.61 Å². The van der Waals surface area contributed by atoms with Crippen molar-refractivity contribution >= 4 is 11.0 Å². The van der Waals surface area contributed by atoms with Crippen LogP contribution in [0.1, 0.15) is 17.3 Å². The summed E-state index contributed by atoms with van der Waals surface area (Å²) in [5.41, 5.74) is 3.38. The number of fused-ring (bicyclic) bond motifs is 2. The highest BCUT2D eigenvalue weighted by atomic mass is 16.5. The Hall–Kier alpha value is -2.29. The minimum atomic E-state index is 0.308. The van der Waals surface area contributed by atoms with Gasteiger partial charge >= 0.3 is 0 Å². The second kappa shape index (κ2) is 4.12. The molecule has 0 saturated carbocycles. The highest BCUT2D eigenvalue weighted by Crippen LogP contribution is 2.31. The summed E-state index contributed by atoms with van der Waals surface area (Å²) in [6, 6.07) is 16.4. The number of para-hydroxylation sites is 3. The zero-order chi connectivity index (χ0) is 12.7. The van der Waals surface area contributed by atoms with Crippen LogP contribution in [-0.4, -0.2) is 16.6 Å². The van der Waals surface area contributed by atoms with Crippen LogP contribution in [0, 0.1) is 0 Å². The Balaban J connectivity index is 1.70. The van der Waals surface area contributed by atoms with Crippen LogP contribution in [0.5, 0.6) is 5.75 Å². The molecule has 1 N–H and O–H groups in total. The van der Waals surface area contributed by atoms with Gasteiger partial charge in [-0.2, -0.15) is 0 Å². The van der Waals surface area contributed by atoms with Gasteiger partial charge in [0.2, 0.25) is 0 Å². The van der Waals surface area contributed by atoms with Gasteiger partial charge in [-0.05, 0) is 30.2 Å². The van der Waals surface area contributed by atoms with Gasteiger partial charge < -0.3 is 9.72 Å². The molecule has 0 amide bonds. The van der Waals surface area contributed by atoms with Crippen molar-refractivity contribution in [1.82, 2.24) is 9.97 Å². The van der Waals surface area contributed by atoms with E-state index in [0.717, 1.165) is 29.0 Å². The van der Waals surface area contributed by atoms with E-state index in [0.29, 0.717) is 12.5 Å². The van der Waals surface area contributed by atoms with E-state index < -0.39 is 0 Å². The molecule has 3 heteroatoms. The van der Waals surface area contributed by atoms with Gasteiger partial charge in [-0.3, -0.25) is 0 Å². The summed E-state index contributed by atoms with van der Waals surface area (Å²) in [7, 11) is 0. The van der Waals surface area contributed by atoms with Gasteiger partial charge in [-0.25, -0.2) is 4.98 Å². The molecule has 0 aliphatic carbocycles. The number of hydrogen-bond acceptors (Lipinski definition) is 2. The third-order valence-corrected chi connectivity index (χ3v) is 3.67. The number of nitrogens with zero attached hydrogens (tertiary/aromatic N) is 1. The lowest BCUT2D eigenvalue weighted by atomic mass is 9.96. The van der Waals surface area contributed by atoms with Crippen molar-refractivity contribution in [1.29, 1.82) is 0 Å². The fourth-order valence-corrected chi connectivity index (χ4v) is 2.67. The average molecular weight is 250 g/mol. The van der Waals surface area contributed by atoms with Crippen molar-refractivity contribution in [2.45, 2.75) is 12.3 Å². The van der Waals surface area contributed by atoms with E-state index in [1.165, 1.54) is 5.56 Å². The minimum Gasteiger partial charge on any atom is -0.493 e. The molecule has 1 atom stereocenters. The molecule has 0 saturated heterocycles. The maximum atomic E-state index is 5.83. The van der Waals surface area contributed by atoms with E-state index >= 15 is 0 Å². The zero-order valence-corrected chi connectivity index (χ0v) is 10.5. The van der Waals surface area contributed by atoms with Crippen LogP contribution in [0.3, 0.4) is 0 Å². The number of imidazole rings is 1. The Labute approximate surface area is 111 Å². The quantitative estimate of drug-likeness (QED) is 0.719. The molecule has 1 aromatic heterocycles. The molecule has 3 aromatic rings. The maximum absolute atomic E-state index is 5.83. The number of hydrogen-bond donors (Lipinski definition) is 1. The number of rotatable bonds is 1. The molecule has 4 rings (SSSR count). The van der Waals surface area contributed by atoms with Crippen LogP contribution in [0.15, 0.2) is 48.5 Å². The van der Waals surface area contributed by atoms with Gasteiger partial charge in [0.25, 0.3) is 0 Å². The van der Waals surface area contributed by atoms with Crippen LogP contribution in [0.4, 0.5) is 0 Å². The number of aromatic nitrogens is 2. The summed E-state index contributed by atoms with van der Waals surface area (Å²) in [5.74, 6) is 2.34. The van der Waals surface area contributed by atoms with Crippen LogP contribution < -0.4 is 4.74 Å². The Bertz CT molecular complexity index is 699. The van der Waals surface area contributed by atoms with Crippen molar-refractivity contribution in [3.05, 3.63) is 59.9 Å². The summed E-state index contributed by atoms with van der Waals surface area (Å²) in [6.07, 6.45) is 0.982. The largest absolute Gasteiger partial charge is 0.493 e. The molecule has 3 nitrogen and oxygen atoms in total. The topological polar surface area (TPSA) is 37.9 Å². The number of nitrogens with one attached hydrogen (secondary N) is 1. The highest BCUT2D eigenvalue weighted by Gasteiger charge is 2.23. The van der Waals surface area contributed by atoms with Gasteiger partial charge in [0.15, 0.2) is 0 Å². The minimum absolute atomic E-state index is 0.308. The highest BCUT2D eigenvalue weighted by molar-refractivity contribution is 5.74. The maximum Gasteiger partial charge on any atom is 0.122 e. The normalized spacial score (nSPS) is 18.0. The smallest absolute Gasteiger partial charge is 0.122 e. The van der Waals surface area contributed by atoms with Gasteiger partial charge in [0.05, 0.1) is 23.6 Å². The van der Waals surface area contributed by atoms with Crippen LogP contribution in [0.2, 0.25) is 0 Å². The molecule has 0 spiro atoms. The van der Waals surface area contributed by atoms with E-state index in [9.17, 15) is 0 Å². The van der Waals surface area contributed by atoms with Gasteiger partial charge in [0, 0.05) is 0 Å². The molecular weight excluding hydrogens is 236 g/mol. The lowest BCUT2D eigenvalue weighted by Crippen LogP contribution is -2.20. The van der Waals surface area contributed by atoms with E-state index in [2.05, 4.69) is 28.2 Å². The summed E-state index contributed by atoms with van der Waals surface area (Å²) < 4.78 is 5.83. The van der Waals surface area contributed by atoms with Gasteiger partial charge in [-0.15, -0.1) is 0 Å². The average Bonchev–Trinajstić information content (AvgIpc) is 2.90. The van der Waals surface area contributed by atoms with E-state index in [4.69, 9.17) is 4.74 Å². The summed E-state index contributed by atoms with van der Waals surface area (Å²) in [6.45, 7) is 0.691. The molecule has 1 aliphatic rings. The Morgan fingerprint density at radius 3 is 2.84 bits per heavy atom. The van der Waals surface area contributed by atoms with Gasteiger partial charge in [0.1, 0.15) is 11.6 Å². The lowest BCUT2D eigenvalue weighted by molar-refractivity contribution is 0.258. The predicted octanol–water partition coefficient (Wildman–Crippen LogP) is 3.28. The predicted molar refractivity (Wildman–Crippen MR) is 74.5 cm³/mol. The molecular formula is C16H14N2O. The van der Waals surface area contributed by atoms with Crippen LogP contribution in [-0.2, 0) is 6.42 Å². The van der Waals surface area contributed by atoms with Crippen LogP contribution in [0.25, 0.3) is 11.0 Å². The SMILES string of the molecule is c1ccc2c(c1)CC(c1nc3ccccc3[nH]1)CO2. The Morgan fingerprint density at radius 2 is 1.89 bits per heavy atom. The molecule has 0 radical (unpaired) electrons. The first-order valence-electron chi connectivity index (χ1n) is 6.55. The standard InChI is InChI=1S/C16H14N2O/c1-4-8-15-11(5-1)9-12(10-19-15)16-17-13-6-2-3-7-14(13)18-16/h1-8,12H,9-10H2,(H,17,18). The Kier molecular flexibility index (Phi) is 2.30. The number of ether oxygens (including phenoxy) is 1. The van der Waals surface area contributed by atoms with Crippen molar-refractivity contribution < 1.29 is 4.74 Å². The fourth-order valence-electron chi connectivity index (χ4n) is 2.67. The summed E-state index contributed by atoms with van der Waals surface area (Å²) in [5, 5.41) is 0. The van der Waals surface area contributed by atoms with Crippen molar-refractivity contribution in [2.24, 2.45) is 0 Å². The third-order valence-electron chi connectivity index (χ3n) is 3.67. The van der Waals surface area contributed by atoms with Crippen LogP contribution >= 0.6 is 0 Å². The second-order valence-electron chi connectivity index (χ2n) is 4.96. The first-order chi connectivity index (χ1) is 9.40. The summed E-state index contributed by atoms with van der Waals surface area (Å²) >= 11 is 0. The van der Waals surface area contributed by atoms with E-state index in [1.54, 1.807) is 0 Å². The summed E-state index contributed by atoms with van der Waals surface area (Å²) in [4.78, 5) is 8.08. The molecule has 2 aromatic carbocycles. The molecule has 1 aliphatic heterocycles.